The quantitative estimate of drug-likeness (QED) is 0.219. The average molecular weight is 637 g/mol. The summed E-state index contributed by atoms with van der Waals surface area (Å²) in [4.78, 5) is 17.6. The molecule has 2 aromatic carbocycles. The Labute approximate surface area is 264 Å². The van der Waals surface area contributed by atoms with Crippen LogP contribution in [-0.4, -0.2) is 71.2 Å². The van der Waals surface area contributed by atoms with Gasteiger partial charge in [-0.15, -0.1) is 0 Å². The zero-order valence-corrected chi connectivity index (χ0v) is 25.6. The Morgan fingerprint density at radius 1 is 1.11 bits per heavy atom. The fraction of sp³-hybridized carbons (Fsp3) is 0.382. The maximum atomic E-state index is 14.8. The molecule has 0 aliphatic carbocycles. The molecule has 242 valence electrons. The van der Waals surface area contributed by atoms with Gasteiger partial charge in [-0.1, -0.05) is 18.2 Å². The topological polar surface area (TPSA) is 110 Å². The van der Waals surface area contributed by atoms with Crippen molar-refractivity contribution in [1.29, 1.82) is 5.26 Å². The van der Waals surface area contributed by atoms with E-state index in [1.807, 2.05) is 12.1 Å². The highest BCUT2D eigenvalue weighted by Crippen LogP contribution is 2.44. The molecule has 0 bridgehead atoms. The Bertz CT molecular complexity index is 1710. The molecule has 5 rings (SSSR count). The van der Waals surface area contributed by atoms with Crippen molar-refractivity contribution in [2.75, 3.05) is 33.4 Å². The smallest absolute Gasteiger partial charge is 0.422 e. The van der Waals surface area contributed by atoms with Gasteiger partial charge in [0.05, 0.1) is 37.3 Å². The van der Waals surface area contributed by atoms with Crippen molar-refractivity contribution in [3.63, 3.8) is 0 Å². The number of hydrogen-bond acceptors (Lipinski definition) is 8. The number of alkyl halides is 3. The largest absolute Gasteiger partial charge is 0.493 e. The summed E-state index contributed by atoms with van der Waals surface area (Å²) in [7, 11) is 1.49. The first-order chi connectivity index (χ1) is 22.0. The second-order valence-electron chi connectivity index (χ2n) is 11.3. The van der Waals surface area contributed by atoms with Crippen LogP contribution in [0.3, 0.4) is 0 Å². The number of methoxy groups -OCH3 is 1. The monoisotopic (exact) mass is 636 g/mol. The number of fused-ring (bicyclic) bond motifs is 1. The molecule has 12 heteroatoms. The molecule has 0 saturated carbocycles. The van der Waals surface area contributed by atoms with E-state index in [0.29, 0.717) is 41.0 Å². The van der Waals surface area contributed by atoms with E-state index in [1.165, 1.54) is 31.5 Å². The maximum absolute atomic E-state index is 14.8. The van der Waals surface area contributed by atoms with Gasteiger partial charge in [0.15, 0.2) is 11.5 Å². The number of likely N-dealkylation sites (tertiary alicyclic amines) is 1. The van der Waals surface area contributed by atoms with Crippen LogP contribution < -0.4 is 9.47 Å². The van der Waals surface area contributed by atoms with Gasteiger partial charge in [-0.2, -0.15) is 18.4 Å². The van der Waals surface area contributed by atoms with Crippen molar-refractivity contribution >= 4 is 16.9 Å². The number of benzene rings is 2. The Morgan fingerprint density at radius 2 is 1.89 bits per heavy atom. The van der Waals surface area contributed by atoms with Gasteiger partial charge in [-0.3, -0.25) is 14.7 Å². The molecular weight excluding hydrogens is 601 g/mol. The molecule has 1 saturated heterocycles. The van der Waals surface area contributed by atoms with Crippen LogP contribution in [0.25, 0.3) is 10.9 Å². The molecule has 0 spiro atoms. The number of esters is 1. The molecule has 0 amide bonds. The number of nitriles is 1. The number of β-amino-alcohol motifs (C(OH)–C–C–N with tert-alkyl or cyclic N) is 1. The number of halogens is 3. The standard InChI is InChI=1S/C34H35F3N4O5/c1-3-45-32(42)17-23-7-9-30(31(16-23)44-2)46-26-10-13-40(14-11-26)22-33(43,34(35,36)37)28-21-41(20-25-5-4-12-39-19-25)29-15-24(18-38)6-8-27(28)29/h4-9,12,15-16,19,21,26,43H,3,10-11,13-14,17,20,22H2,1-2H3. The SMILES string of the molecule is CCOC(=O)Cc1ccc(OC2CCN(CC(O)(c3cn(Cc4cccnc4)c4cc(C#N)ccc34)C(F)(F)F)CC2)c(OC)c1. The summed E-state index contributed by atoms with van der Waals surface area (Å²) in [6, 6.07) is 15.2. The Kier molecular flexibility index (Phi) is 9.84. The van der Waals surface area contributed by atoms with Gasteiger partial charge < -0.3 is 23.9 Å². The van der Waals surface area contributed by atoms with Crippen molar-refractivity contribution in [2.24, 2.45) is 0 Å². The number of aromatic nitrogens is 2. The fourth-order valence-corrected chi connectivity index (χ4v) is 5.82. The van der Waals surface area contributed by atoms with Gasteiger partial charge in [-0.05, 0) is 61.2 Å². The van der Waals surface area contributed by atoms with Crippen LogP contribution in [0.5, 0.6) is 11.5 Å². The zero-order valence-electron chi connectivity index (χ0n) is 25.6. The van der Waals surface area contributed by atoms with Crippen molar-refractivity contribution in [1.82, 2.24) is 14.5 Å². The van der Waals surface area contributed by atoms with E-state index >= 15 is 0 Å². The van der Waals surface area contributed by atoms with Crippen LogP contribution in [-0.2, 0) is 28.1 Å². The van der Waals surface area contributed by atoms with Gasteiger partial charge in [0.2, 0.25) is 5.60 Å². The third-order valence-electron chi connectivity index (χ3n) is 8.16. The predicted octanol–water partition coefficient (Wildman–Crippen LogP) is 5.36. The highest BCUT2D eigenvalue weighted by Gasteiger charge is 2.57. The van der Waals surface area contributed by atoms with Crippen molar-refractivity contribution in [2.45, 2.75) is 50.6 Å². The number of rotatable bonds is 11. The molecule has 1 atom stereocenters. The first-order valence-electron chi connectivity index (χ1n) is 15.0. The molecule has 0 radical (unpaired) electrons. The summed E-state index contributed by atoms with van der Waals surface area (Å²) in [6.45, 7) is 2.10. The first-order valence-corrected chi connectivity index (χ1v) is 15.0. The minimum Gasteiger partial charge on any atom is -0.493 e. The molecule has 1 N–H and O–H groups in total. The van der Waals surface area contributed by atoms with E-state index in [-0.39, 0.29) is 55.7 Å². The molecule has 9 nitrogen and oxygen atoms in total. The lowest BCUT2D eigenvalue weighted by Gasteiger charge is -2.39. The number of hydrogen-bond donors (Lipinski definition) is 1. The highest BCUT2D eigenvalue weighted by atomic mass is 19.4. The molecular formula is C34H35F3N4O5. The molecule has 4 aromatic rings. The highest BCUT2D eigenvalue weighted by molar-refractivity contribution is 5.86. The zero-order chi connectivity index (χ0) is 32.9. The normalized spacial score (nSPS) is 15.7. The number of ether oxygens (including phenoxy) is 3. The third-order valence-corrected chi connectivity index (χ3v) is 8.16. The van der Waals surface area contributed by atoms with Crippen molar-refractivity contribution in [3.05, 3.63) is 89.4 Å². The molecule has 1 aliphatic heterocycles. The molecule has 2 aromatic heterocycles. The number of aliphatic hydroxyl groups is 1. The lowest BCUT2D eigenvalue weighted by molar-refractivity contribution is -0.272. The van der Waals surface area contributed by atoms with E-state index in [9.17, 15) is 28.3 Å². The second-order valence-corrected chi connectivity index (χ2v) is 11.3. The van der Waals surface area contributed by atoms with E-state index in [2.05, 4.69) is 4.98 Å². The predicted molar refractivity (Wildman–Crippen MR) is 163 cm³/mol. The van der Waals surface area contributed by atoms with Gasteiger partial charge in [0, 0.05) is 55.7 Å². The Balaban J connectivity index is 1.33. The fourth-order valence-electron chi connectivity index (χ4n) is 5.82. The van der Waals surface area contributed by atoms with Gasteiger partial charge in [-0.25, -0.2) is 0 Å². The number of carbonyl (C=O) groups is 1. The van der Waals surface area contributed by atoms with Crippen LogP contribution in [0, 0.1) is 11.3 Å². The minimum absolute atomic E-state index is 0.0899. The van der Waals surface area contributed by atoms with Crippen LogP contribution in [0.15, 0.2) is 67.1 Å². The van der Waals surface area contributed by atoms with Crippen LogP contribution in [0.4, 0.5) is 13.2 Å². The number of pyridine rings is 1. The number of carbonyl (C=O) groups excluding carboxylic acids is 1. The second kappa shape index (κ2) is 13.8. The van der Waals surface area contributed by atoms with E-state index in [4.69, 9.17) is 14.2 Å². The lowest BCUT2D eigenvalue weighted by Crippen LogP contribution is -2.53. The van der Waals surface area contributed by atoms with E-state index < -0.39 is 18.3 Å². The minimum atomic E-state index is -4.99. The van der Waals surface area contributed by atoms with Gasteiger partial charge in [0.1, 0.15) is 6.10 Å². The lowest BCUT2D eigenvalue weighted by atomic mass is 9.90. The molecule has 1 fully saturated rings. The van der Waals surface area contributed by atoms with Crippen molar-refractivity contribution in [3.8, 4) is 17.6 Å². The summed E-state index contributed by atoms with van der Waals surface area (Å²) in [6.07, 6.45) is 0.230. The molecule has 3 heterocycles. The summed E-state index contributed by atoms with van der Waals surface area (Å²) >= 11 is 0. The van der Waals surface area contributed by atoms with Gasteiger partial charge >= 0.3 is 12.1 Å². The third kappa shape index (κ3) is 7.11. The summed E-state index contributed by atoms with van der Waals surface area (Å²) in [5.74, 6) is 0.561. The van der Waals surface area contributed by atoms with Crippen molar-refractivity contribution < 1.29 is 37.3 Å². The Morgan fingerprint density at radius 3 is 2.54 bits per heavy atom. The summed E-state index contributed by atoms with van der Waals surface area (Å²) in [5.41, 5.74) is -1.27. The van der Waals surface area contributed by atoms with Gasteiger partial charge in [0.25, 0.3) is 0 Å². The molecule has 1 aliphatic rings. The summed E-state index contributed by atoms with van der Waals surface area (Å²) < 4.78 is 62.8. The average Bonchev–Trinajstić information content (AvgIpc) is 3.40. The molecule has 46 heavy (non-hydrogen) atoms. The number of nitrogens with zero attached hydrogens (tertiary/aromatic N) is 4. The first kappa shape index (κ1) is 32.8. The molecule has 1 unspecified atom stereocenters. The van der Waals surface area contributed by atoms with E-state index in [0.717, 1.165) is 5.56 Å². The van der Waals surface area contributed by atoms with Crippen LogP contribution >= 0.6 is 0 Å². The Hall–Kier alpha value is -4.60. The number of piperidine rings is 1. The summed E-state index contributed by atoms with van der Waals surface area (Å²) in [5, 5.41) is 21.2. The van der Waals surface area contributed by atoms with Crippen LogP contribution in [0.1, 0.15) is 42.0 Å². The van der Waals surface area contributed by atoms with E-state index in [1.54, 1.807) is 53.0 Å². The van der Waals surface area contributed by atoms with Crippen LogP contribution in [0.2, 0.25) is 0 Å². The maximum Gasteiger partial charge on any atom is 0.422 e.